The van der Waals surface area contributed by atoms with Crippen molar-refractivity contribution in [3.63, 3.8) is 0 Å². The summed E-state index contributed by atoms with van der Waals surface area (Å²) < 4.78 is 15.5. The van der Waals surface area contributed by atoms with Crippen LogP contribution in [0.25, 0.3) is 0 Å². The highest BCUT2D eigenvalue weighted by Gasteiger charge is 2.49. The van der Waals surface area contributed by atoms with Crippen molar-refractivity contribution < 1.29 is 28.6 Å². The van der Waals surface area contributed by atoms with E-state index in [1.54, 1.807) is 32.9 Å². The molecule has 7 nitrogen and oxygen atoms in total. The summed E-state index contributed by atoms with van der Waals surface area (Å²) in [5.41, 5.74) is 0.774. The predicted octanol–water partition coefficient (Wildman–Crippen LogP) is 3.60. The quantitative estimate of drug-likeness (QED) is 0.183. The summed E-state index contributed by atoms with van der Waals surface area (Å²) in [5.74, 6) is -0.870. The maximum Gasteiger partial charge on any atom is 0.358 e. The first-order valence-corrected chi connectivity index (χ1v) is 10.6. The fourth-order valence-corrected chi connectivity index (χ4v) is 4.27. The Hall–Kier alpha value is -2.26. The second-order valence-corrected chi connectivity index (χ2v) is 8.23. The van der Waals surface area contributed by atoms with Gasteiger partial charge in [0.25, 0.3) is 0 Å². The molecule has 1 aromatic carbocycles. The van der Waals surface area contributed by atoms with Gasteiger partial charge >= 0.3 is 11.9 Å². The number of methoxy groups -OCH3 is 1. The van der Waals surface area contributed by atoms with Gasteiger partial charge in [0.2, 0.25) is 12.2 Å². The molecule has 0 spiro atoms. The van der Waals surface area contributed by atoms with Crippen LogP contribution in [0.1, 0.15) is 20.8 Å². The molecule has 0 aromatic heterocycles. The van der Waals surface area contributed by atoms with E-state index >= 15 is 0 Å². The highest BCUT2D eigenvalue weighted by atomic mass is 79.9. The minimum Gasteiger partial charge on any atom is -0.466 e. The number of hydrogen-bond donors (Lipinski definition) is 0. The maximum atomic E-state index is 12.8. The van der Waals surface area contributed by atoms with Crippen LogP contribution in [-0.4, -0.2) is 46.3 Å². The number of amides is 1. The number of carbonyl (C=O) groups is 3. The van der Waals surface area contributed by atoms with Gasteiger partial charge in [-0.05, 0) is 37.0 Å². The van der Waals surface area contributed by atoms with Crippen LogP contribution in [0.4, 0.5) is 0 Å². The lowest BCUT2D eigenvalue weighted by molar-refractivity contribution is -0.161. The molecule has 1 aromatic rings. The summed E-state index contributed by atoms with van der Waals surface area (Å²) in [5, 5.41) is 1.12. The first-order chi connectivity index (χ1) is 13.8. The molecule has 1 aliphatic rings. The number of alkyl halides is 1. The van der Waals surface area contributed by atoms with Gasteiger partial charge in [-0.15, -0.1) is 11.8 Å². The van der Waals surface area contributed by atoms with Gasteiger partial charge in [0.15, 0.2) is 0 Å². The molecule has 1 fully saturated rings. The number of rotatable bonds is 8. The van der Waals surface area contributed by atoms with Crippen LogP contribution in [-0.2, 0) is 23.9 Å². The van der Waals surface area contributed by atoms with E-state index in [2.05, 4.69) is 20.7 Å². The van der Waals surface area contributed by atoms with E-state index in [0.717, 1.165) is 0 Å². The van der Waals surface area contributed by atoms with E-state index in [9.17, 15) is 14.4 Å². The number of hydrogen-bond acceptors (Lipinski definition) is 7. The summed E-state index contributed by atoms with van der Waals surface area (Å²) in [7, 11) is 1.28. The van der Waals surface area contributed by atoms with Gasteiger partial charge in [0.1, 0.15) is 21.6 Å². The van der Waals surface area contributed by atoms with E-state index in [1.807, 2.05) is 18.2 Å². The van der Waals surface area contributed by atoms with Crippen LogP contribution in [0.2, 0.25) is 0 Å². The number of likely N-dealkylation sites (tertiary alicyclic amines) is 1. The minimum absolute atomic E-state index is 0.151. The van der Waals surface area contributed by atoms with E-state index in [-0.39, 0.29) is 11.6 Å². The third kappa shape index (κ3) is 5.86. The van der Waals surface area contributed by atoms with E-state index in [1.165, 1.54) is 35.3 Å². The SMILES string of the molecule is COC(=O)/C=C/S[C@@H]1[C@@H](Br)C(=O)N1C(C(=O)OC(C)Oc1ccccc1)=C(C)C. The molecule has 1 unspecified atom stereocenters. The van der Waals surface area contributed by atoms with E-state index < -0.39 is 28.4 Å². The zero-order valence-corrected chi connectivity index (χ0v) is 18.9. The van der Waals surface area contributed by atoms with Crippen LogP contribution >= 0.6 is 27.7 Å². The molecule has 29 heavy (non-hydrogen) atoms. The highest BCUT2D eigenvalue weighted by Crippen LogP contribution is 2.39. The largest absolute Gasteiger partial charge is 0.466 e. The number of ether oxygens (including phenoxy) is 3. The average Bonchev–Trinajstić information content (AvgIpc) is 2.69. The molecular weight excluding hydrogens is 462 g/mol. The molecule has 9 heteroatoms. The Kier molecular flexibility index (Phi) is 8.33. The lowest BCUT2D eigenvalue weighted by atomic mass is 10.1. The topological polar surface area (TPSA) is 82.1 Å². The van der Waals surface area contributed by atoms with Crippen molar-refractivity contribution >= 4 is 45.5 Å². The molecule has 156 valence electrons. The molecule has 3 atom stereocenters. The molecule has 0 radical (unpaired) electrons. The Bertz CT molecular complexity index is 822. The van der Waals surface area contributed by atoms with Crippen molar-refractivity contribution in [2.75, 3.05) is 7.11 Å². The molecule has 2 rings (SSSR count). The molecule has 0 saturated carbocycles. The summed E-state index contributed by atoms with van der Waals surface area (Å²) in [6.07, 6.45) is 0.405. The Labute approximate surface area is 182 Å². The summed E-state index contributed by atoms with van der Waals surface area (Å²) >= 11 is 4.53. The van der Waals surface area contributed by atoms with Crippen molar-refractivity contribution in [1.29, 1.82) is 0 Å². The normalized spacial score (nSPS) is 19.3. The number of para-hydroxylation sites is 1. The van der Waals surface area contributed by atoms with Crippen molar-refractivity contribution in [1.82, 2.24) is 4.90 Å². The van der Waals surface area contributed by atoms with Crippen molar-refractivity contribution in [2.24, 2.45) is 0 Å². The Morgan fingerprint density at radius 1 is 1.24 bits per heavy atom. The van der Waals surface area contributed by atoms with Gasteiger partial charge in [-0.3, -0.25) is 9.69 Å². The standard InChI is InChI=1S/C20H22BrNO6S/c1-12(2)17(20(25)28-13(3)27-14-8-6-5-7-9-14)22-18(24)16(21)19(22)29-11-10-15(23)26-4/h5-11,13,16,19H,1-4H3/b11-10+/t13?,16-,19+/m0/s1. The number of halogens is 1. The molecule has 0 N–H and O–H groups in total. The number of benzene rings is 1. The van der Waals surface area contributed by atoms with Gasteiger partial charge in [-0.25, -0.2) is 9.59 Å². The highest BCUT2D eigenvalue weighted by molar-refractivity contribution is 9.10. The van der Waals surface area contributed by atoms with Gasteiger partial charge in [-0.2, -0.15) is 0 Å². The third-order valence-corrected chi connectivity index (χ3v) is 6.13. The van der Waals surface area contributed by atoms with Gasteiger partial charge in [0, 0.05) is 13.0 Å². The third-order valence-electron chi connectivity index (χ3n) is 3.83. The van der Waals surface area contributed by atoms with Crippen LogP contribution in [0.3, 0.4) is 0 Å². The van der Waals surface area contributed by atoms with Crippen LogP contribution < -0.4 is 4.74 Å². The van der Waals surface area contributed by atoms with Crippen molar-refractivity contribution in [3.05, 3.63) is 53.1 Å². The molecule has 1 amide bonds. The maximum absolute atomic E-state index is 12.8. The van der Waals surface area contributed by atoms with Gasteiger partial charge in [-0.1, -0.05) is 34.1 Å². The predicted molar refractivity (Wildman–Crippen MR) is 113 cm³/mol. The smallest absolute Gasteiger partial charge is 0.358 e. The zero-order valence-electron chi connectivity index (χ0n) is 16.5. The van der Waals surface area contributed by atoms with E-state index in [0.29, 0.717) is 11.3 Å². The fraction of sp³-hybridized carbons (Fsp3) is 0.350. The van der Waals surface area contributed by atoms with Gasteiger partial charge in [0.05, 0.1) is 7.11 Å². The Balaban J connectivity index is 2.09. The molecule has 1 heterocycles. The van der Waals surface area contributed by atoms with Crippen LogP contribution in [0, 0.1) is 0 Å². The Morgan fingerprint density at radius 3 is 2.48 bits per heavy atom. The lowest BCUT2D eigenvalue weighted by Crippen LogP contribution is -2.60. The monoisotopic (exact) mass is 483 g/mol. The number of β-lactam (4-membered cyclic amide) rings is 1. The summed E-state index contributed by atoms with van der Waals surface area (Å²) in [4.78, 5) is 37.3. The van der Waals surface area contributed by atoms with Gasteiger partial charge < -0.3 is 14.2 Å². The number of esters is 2. The molecule has 0 aliphatic carbocycles. The molecular formula is C20H22BrNO6S. The molecule has 0 bridgehead atoms. The number of carbonyl (C=O) groups excluding carboxylic acids is 3. The molecule has 1 saturated heterocycles. The second-order valence-electron chi connectivity index (χ2n) is 6.22. The number of allylic oxidation sites excluding steroid dienone is 1. The number of thioether (sulfide) groups is 1. The van der Waals surface area contributed by atoms with Crippen molar-refractivity contribution in [3.8, 4) is 5.75 Å². The zero-order chi connectivity index (χ0) is 21.6. The summed E-state index contributed by atoms with van der Waals surface area (Å²) in [6, 6.07) is 8.97. The average molecular weight is 484 g/mol. The Morgan fingerprint density at radius 2 is 1.90 bits per heavy atom. The van der Waals surface area contributed by atoms with Crippen LogP contribution in [0.15, 0.2) is 53.1 Å². The van der Waals surface area contributed by atoms with Crippen LogP contribution in [0.5, 0.6) is 5.75 Å². The fourth-order valence-electron chi connectivity index (χ4n) is 2.50. The lowest BCUT2D eigenvalue weighted by Gasteiger charge is -2.44. The summed E-state index contributed by atoms with van der Waals surface area (Å²) in [6.45, 7) is 5.05. The first-order valence-electron chi connectivity index (χ1n) is 8.73. The van der Waals surface area contributed by atoms with Crippen molar-refractivity contribution in [2.45, 2.75) is 37.3 Å². The first kappa shape index (κ1) is 23.0. The number of nitrogens with zero attached hydrogens (tertiary/aromatic N) is 1. The van der Waals surface area contributed by atoms with E-state index in [4.69, 9.17) is 9.47 Å². The second kappa shape index (κ2) is 10.5. The molecule has 1 aliphatic heterocycles. The minimum atomic E-state index is -0.847.